The lowest BCUT2D eigenvalue weighted by Gasteiger charge is -2.36. The predicted molar refractivity (Wildman–Crippen MR) is 75.4 cm³/mol. The Kier molecular flexibility index (Phi) is 4.23. The lowest BCUT2D eigenvalue weighted by atomic mass is 9.84. The molecule has 1 aromatic heterocycles. The Morgan fingerprint density at radius 2 is 2.18 bits per heavy atom. The molecule has 0 aromatic carbocycles. The van der Waals surface area contributed by atoms with Crippen molar-refractivity contribution in [2.75, 3.05) is 13.6 Å². The second-order valence-corrected chi connectivity index (χ2v) is 6.81. The van der Waals surface area contributed by atoms with Crippen LogP contribution >= 0.6 is 11.3 Å². The van der Waals surface area contributed by atoms with Gasteiger partial charge in [0.2, 0.25) is 0 Å². The van der Waals surface area contributed by atoms with Crippen LogP contribution in [-0.2, 0) is 0 Å². The summed E-state index contributed by atoms with van der Waals surface area (Å²) in [4.78, 5) is 5.25. The number of hydrogen-bond acceptors (Lipinski definition) is 3. The van der Waals surface area contributed by atoms with Gasteiger partial charge in [-0.05, 0) is 51.8 Å². The van der Waals surface area contributed by atoms with Crippen LogP contribution in [0.2, 0.25) is 0 Å². The molecule has 2 atom stereocenters. The number of nitrogens with two attached hydrogens (primary N) is 1. The van der Waals surface area contributed by atoms with Gasteiger partial charge in [0.05, 0.1) is 6.04 Å². The summed E-state index contributed by atoms with van der Waals surface area (Å²) in [5.74, 6) is 0.905. The lowest BCUT2D eigenvalue weighted by Crippen LogP contribution is -2.40. The molecule has 2 nitrogen and oxygen atoms in total. The third-order valence-electron chi connectivity index (χ3n) is 3.80. The molecule has 3 heteroatoms. The summed E-state index contributed by atoms with van der Waals surface area (Å²) in [5.41, 5.74) is 6.18. The Labute approximate surface area is 109 Å². The van der Waals surface area contributed by atoms with Gasteiger partial charge in [-0.3, -0.25) is 4.90 Å². The molecule has 1 fully saturated rings. The molecule has 2 unspecified atom stereocenters. The molecule has 1 aromatic rings. The number of likely N-dealkylation sites (N-methyl/N-ethyl adjacent to an activating group) is 1. The van der Waals surface area contributed by atoms with Crippen LogP contribution < -0.4 is 5.73 Å². The van der Waals surface area contributed by atoms with Gasteiger partial charge in [0, 0.05) is 22.3 Å². The molecule has 0 saturated heterocycles. The van der Waals surface area contributed by atoms with E-state index in [2.05, 4.69) is 37.9 Å². The first-order chi connectivity index (χ1) is 8.08. The number of nitrogens with zero attached hydrogens (tertiary/aromatic N) is 1. The number of aryl methyl sites for hydroxylation is 1. The van der Waals surface area contributed by atoms with E-state index in [9.17, 15) is 0 Å². The molecular weight excluding hydrogens is 228 g/mol. The molecule has 0 amide bonds. The molecule has 0 bridgehead atoms. The first kappa shape index (κ1) is 13.1. The maximum Gasteiger partial charge on any atom is 0.0588 e. The van der Waals surface area contributed by atoms with Crippen LogP contribution in [0.25, 0.3) is 0 Å². The molecule has 1 heterocycles. The Bertz CT molecular complexity index is 355. The monoisotopic (exact) mass is 252 g/mol. The van der Waals surface area contributed by atoms with Crippen LogP contribution in [0.3, 0.4) is 0 Å². The van der Waals surface area contributed by atoms with E-state index in [1.54, 1.807) is 0 Å². The van der Waals surface area contributed by atoms with Crippen molar-refractivity contribution in [3.05, 3.63) is 21.9 Å². The molecule has 1 saturated carbocycles. The second kappa shape index (κ2) is 5.51. The van der Waals surface area contributed by atoms with Gasteiger partial charge in [0.1, 0.15) is 0 Å². The third-order valence-corrected chi connectivity index (χ3v) is 4.87. The smallest absolute Gasteiger partial charge is 0.0588 e. The number of rotatable bonds is 5. The maximum absolute atomic E-state index is 6.18. The molecule has 2 rings (SSSR count). The zero-order valence-electron chi connectivity index (χ0n) is 11.1. The van der Waals surface area contributed by atoms with Crippen LogP contribution in [0.15, 0.2) is 12.1 Å². The van der Waals surface area contributed by atoms with Crippen molar-refractivity contribution in [1.82, 2.24) is 4.90 Å². The Hall–Kier alpha value is -0.380. The van der Waals surface area contributed by atoms with Crippen molar-refractivity contribution in [2.24, 2.45) is 11.7 Å². The van der Waals surface area contributed by atoms with Gasteiger partial charge in [-0.25, -0.2) is 0 Å². The molecule has 0 spiro atoms. The minimum absolute atomic E-state index is 0.193. The van der Waals surface area contributed by atoms with E-state index < -0.39 is 0 Å². The van der Waals surface area contributed by atoms with Crippen LogP contribution in [0, 0.1) is 12.8 Å². The Morgan fingerprint density at radius 3 is 2.59 bits per heavy atom. The standard InChI is InChI=1S/C14H24N2S/c1-10-7-8-13(17-10)14(11(2)15)16(3)9-12-5-4-6-12/h7-8,11-12,14H,4-6,9,15H2,1-3H3. The lowest BCUT2D eigenvalue weighted by molar-refractivity contribution is 0.151. The normalized spacial score (nSPS) is 20.3. The number of hydrogen-bond donors (Lipinski definition) is 1. The summed E-state index contributed by atoms with van der Waals surface area (Å²) in [7, 11) is 2.22. The first-order valence-electron chi connectivity index (χ1n) is 6.60. The molecule has 17 heavy (non-hydrogen) atoms. The minimum atomic E-state index is 0.193. The van der Waals surface area contributed by atoms with Gasteiger partial charge in [0.25, 0.3) is 0 Å². The van der Waals surface area contributed by atoms with E-state index >= 15 is 0 Å². The third kappa shape index (κ3) is 3.09. The highest BCUT2D eigenvalue weighted by atomic mass is 32.1. The zero-order valence-corrected chi connectivity index (χ0v) is 12.0. The van der Waals surface area contributed by atoms with Crippen LogP contribution in [0.4, 0.5) is 0 Å². The fourth-order valence-corrected chi connectivity index (χ4v) is 3.85. The highest BCUT2D eigenvalue weighted by Crippen LogP contribution is 2.33. The van der Waals surface area contributed by atoms with Crippen molar-refractivity contribution in [1.29, 1.82) is 0 Å². The van der Waals surface area contributed by atoms with Crippen molar-refractivity contribution >= 4 is 11.3 Å². The zero-order chi connectivity index (χ0) is 12.4. The SMILES string of the molecule is Cc1ccc(C(C(C)N)N(C)CC2CCC2)s1. The largest absolute Gasteiger partial charge is 0.326 e. The molecule has 96 valence electrons. The van der Waals surface area contributed by atoms with E-state index in [1.807, 2.05) is 11.3 Å². The fraction of sp³-hybridized carbons (Fsp3) is 0.714. The molecule has 1 aliphatic rings. The molecular formula is C14H24N2S. The van der Waals surface area contributed by atoms with E-state index in [4.69, 9.17) is 5.73 Å². The summed E-state index contributed by atoms with van der Waals surface area (Å²) >= 11 is 1.88. The van der Waals surface area contributed by atoms with Gasteiger partial charge < -0.3 is 5.73 Å². The molecule has 1 aliphatic carbocycles. The summed E-state index contributed by atoms with van der Waals surface area (Å²) in [5, 5.41) is 0. The molecule has 2 N–H and O–H groups in total. The van der Waals surface area contributed by atoms with Gasteiger partial charge in [-0.1, -0.05) is 6.42 Å². The fourth-order valence-electron chi connectivity index (χ4n) is 2.69. The van der Waals surface area contributed by atoms with Gasteiger partial charge >= 0.3 is 0 Å². The van der Waals surface area contributed by atoms with E-state index in [0.29, 0.717) is 6.04 Å². The second-order valence-electron chi connectivity index (χ2n) is 5.49. The van der Waals surface area contributed by atoms with E-state index in [1.165, 1.54) is 35.6 Å². The molecule has 0 aliphatic heterocycles. The average Bonchev–Trinajstić information content (AvgIpc) is 2.58. The summed E-state index contributed by atoms with van der Waals surface area (Å²) in [6, 6.07) is 5.02. The highest BCUT2D eigenvalue weighted by molar-refractivity contribution is 7.12. The average molecular weight is 252 g/mol. The van der Waals surface area contributed by atoms with Gasteiger partial charge in [0.15, 0.2) is 0 Å². The van der Waals surface area contributed by atoms with Crippen LogP contribution in [-0.4, -0.2) is 24.5 Å². The van der Waals surface area contributed by atoms with Crippen molar-refractivity contribution in [3.63, 3.8) is 0 Å². The van der Waals surface area contributed by atoms with Crippen LogP contribution in [0.5, 0.6) is 0 Å². The predicted octanol–water partition coefficient (Wildman–Crippen LogP) is 3.18. The van der Waals surface area contributed by atoms with Crippen LogP contribution in [0.1, 0.15) is 42.0 Å². The minimum Gasteiger partial charge on any atom is -0.326 e. The molecule has 0 radical (unpaired) electrons. The van der Waals surface area contributed by atoms with Crippen molar-refractivity contribution in [3.8, 4) is 0 Å². The van der Waals surface area contributed by atoms with Crippen molar-refractivity contribution in [2.45, 2.75) is 45.2 Å². The van der Waals surface area contributed by atoms with Gasteiger partial charge in [-0.15, -0.1) is 11.3 Å². The summed E-state index contributed by atoms with van der Waals surface area (Å²) < 4.78 is 0. The summed E-state index contributed by atoms with van der Waals surface area (Å²) in [6.45, 7) is 5.48. The van der Waals surface area contributed by atoms with Crippen molar-refractivity contribution < 1.29 is 0 Å². The topological polar surface area (TPSA) is 29.3 Å². The van der Waals surface area contributed by atoms with Gasteiger partial charge in [-0.2, -0.15) is 0 Å². The van der Waals surface area contributed by atoms with E-state index in [-0.39, 0.29) is 6.04 Å². The highest BCUT2D eigenvalue weighted by Gasteiger charge is 2.26. The maximum atomic E-state index is 6.18. The first-order valence-corrected chi connectivity index (χ1v) is 7.41. The Balaban J connectivity index is 2.05. The summed E-state index contributed by atoms with van der Waals surface area (Å²) in [6.07, 6.45) is 4.22. The van der Waals surface area contributed by atoms with E-state index in [0.717, 1.165) is 5.92 Å². The number of thiophene rings is 1. The Morgan fingerprint density at radius 1 is 1.47 bits per heavy atom. The quantitative estimate of drug-likeness (QED) is 0.872.